The van der Waals surface area contributed by atoms with E-state index in [1.807, 2.05) is 6.07 Å². The van der Waals surface area contributed by atoms with Crippen molar-refractivity contribution < 1.29 is 4.52 Å². The Bertz CT molecular complexity index is 267. The van der Waals surface area contributed by atoms with Crippen molar-refractivity contribution in [2.24, 2.45) is 0 Å². The fourth-order valence-electron chi connectivity index (χ4n) is 2.07. The molecule has 0 aliphatic carbocycles. The summed E-state index contributed by atoms with van der Waals surface area (Å²) in [5, 5.41) is 7.24. The van der Waals surface area contributed by atoms with Crippen LogP contribution in [0.5, 0.6) is 0 Å². The minimum atomic E-state index is 0.660. The number of rotatable bonds is 5. The maximum Gasteiger partial charge on any atom is 0.150 e. The first-order valence-corrected chi connectivity index (χ1v) is 5.73. The van der Waals surface area contributed by atoms with E-state index in [0.717, 1.165) is 25.4 Å². The average Bonchev–Trinajstić information content (AvgIpc) is 2.89. The first kappa shape index (κ1) is 10.6. The Hall–Kier alpha value is -0.870. The molecule has 15 heavy (non-hydrogen) atoms. The Morgan fingerprint density at radius 3 is 3.20 bits per heavy atom. The molecule has 1 aromatic rings. The summed E-state index contributed by atoms with van der Waals surface area (Å²) in [4.78, 5) is 2.39. The fraction of sp³-hybridized carbons (Fsp3) is 0.727. The maximum atomic E-state index is 5.12. The van der Waals surface area contributed by atoms with Crippen LogP contribution in [0.4, 0.5) is 0 Å². The van der Waals surface area contributed by atoms with E-state index >= 15 is 0 Å². The zero-order valence-corrected chi connectivity index (χ0v) is 9.28. The molecule has 0 amide bonds. The van der Waals surface area contributed by atoms with Gasteiger partial charge in [0.15, 0.2) is 5.76 Å². The lowest BCUT2D eigenvalue weighted by Gasteiger charge is -2.22. The van der Waals surface area contributed by atoms with Crippen molar-refractivity contribution >= 4 is 0 Å². The molecule has 0 bridgehead atoms. The molecule has 2 rings (SSSR count). The van der Waals surface area contributed by atoms with E-state index in [1.54, 1.807) is 6.20 Å². The van der Waals surface area contributed by atoms with Gasteiger partial charge >= 0.3 is 0 Å². The molecule has 1 atom stereocenters. The molecule has 1 aliphatic heterocycles. The highest BCUT2D eigenvalue weighted by atomic mass is 16.5. The van der Waals surface area contributed by atoms with Crippen LogP contribution >= 0.6 is 0 Å². The molecular formula is C11H19N3O. The van der Waals surface area contributed by atoms with Gasteiger partial charge in [0.05, 0.1) is 12.7 Å². The molecule has 4 heteroatoms. The van der Waals surface area contributed by atoms with Crippen LogP contribution in [0.15, 0.2) is 16.8 Å². The van der Waals surface area contributed by atoms with Gasteiger partial charge in [-0.05, 0) is 25.9 Å². The fourth-order valence-corrected chi connectivity index (χ4v) is 2.07. The third kappa shape index (κ3) is 3.04. The van der Waals surface area contributed by atoms with Crippen LogP contribution in [0.2, 0.25) is 0 Å². The summed E-state index contributed by atoms with van der Waals surface area (Å²) in [7, 11) is 0. The van der Waals surface area contributed by atoms with E-state index in [1.165, 1.54) is 19.4 Å². The smallest absolute Gasteiger partial charge is 0.150 e. The van der Waals surface area contributed by atoms with Gasteiger partial charge in [-0.3, -0.25) is 4.90 Å². The van der Waals surface area contributed by atoms with Gasteiger partial charge in [0.2, 0.25) is 0 Å². The van der Waals surface area contributed by atoms with E-state index in [2.05, 4.69) is 22.3 Å². The summed E-state index contributed by atoms with van der Waals surface area (Å²) in [5.74, 6) is 0.954. The topological polar surface area (TPSA) is 41.3 Å². The molecule has 2 heterocycles. The lowest BCUT2D eigenvalue weighted by Crippen LogP contribution is -2.37. The number of hydrogen-bond acceptors (Lipinski definition) is 4. The van der Waals surface area contributed by atoms with E-state index < -0.39 is 0 Å². The third-order valence-corrected chi connectivity index (χ3v) is 2.96. The molecular weight excluding hydrogens is 190 g/mol. The summed E-state index contributed by atoms with van der Waals surface area (Å²) >= 11 is 0. The van der Waals surface area contributed by atoms with E-state index in [4.69, 9.17) is 4.52 Å². The first-order chi connectivity index (χ1) is 7.38. The lowest BCUT2D eigenvalue weighted by atomic mass is 10.2. The van der Waals surface area contributed by atoms with Crippen LogP contribution in [0.25, 0.3) is 0 Å². The Balaban J connectivity index is 1.81. The molecule has 0 saturated carbocycles. The van der Waals surface area contributed by atoms with Gasteiger partial charge in [0.25, 0.3) is 0 Å². The lowest BCUT2D eigenvalue weighted by molar-refractivity contribution is 0.223. The Kier molecular flexibility index (Phi) is 3.75. The number of nitrogens with zero attached hydrogens (tertiary/aromatic N) is 2. The highest BCUT2D eigenvalue weighted by molar-refractivity contribution is 4.93. The minimum absolute atomic E-state index is 0.660. The second-order valence-corrected chi connectivity index (χ2v) is 4.10. The molecule has 84 valence electrons. The van der Waals surface area contributed by atoms with Gasteiger partial charge in [-0.2, -0.15) is 0 Å². The largest absolute Gasteiger partial charge is 0.360 e. The third-order valence-electron chi connectivity index (χ3n) is 2.96. The van der Waals surface area contributed by atoms with Crippen molar-refractivity contribution in [2.75, 3.05) is 19.6 Å². The monoisotopic (exact) mass is 209 g/mol. The minimum Gasteiger partial charge on any atom is -0.360 e. The molecule has 1 unspecified atom stereocenters. The predicted molar refractivity (Wildman–Crippen MR) is 58.5 cm³/mol. The Morgan fingerprint density at radius 1 is 1.67 bits per heavy atom. The molecule has 1 aliphatic rings. The highest BCUT2D eigenvalue weighted by Gasteiger charge is 2.17. The first-order valence-electron chi connectivity index (χ1n) is 5.73. The second kappa shape index (κ2) is 5.28. The van der Waals surface area contributed by atoms with Crippen LogP contribution < -0.4 is 5.32 Å². The van der Waals surface area contributed by atoms with Crippen molar-refractivity contribution in [1.29, 1.82) is 0 Å². The molecule has 1 fully saturated rings. The van der Waals surface area contributed by atoms with E-state index in [-0.39, 0.29) is 0 Å². The quantitative estimate of drug-likeness (QED) is 0.792. The Morgan fingerprint density at radius 2 is 2.60 bits per heavy atom. The van der Waals surface area contributed by atoms with Crippen molar-refractivity contribution in [1.82, 2.24) is 15.4 Å². The van der Waals surface area contributed by atoms with Crippen molar-refractivity contribution in [3.8, 4) is 0 Å². The average molecular weight is 209 g/mol. The summed E-state index contributed by atoms with van der Waals surface area (Å²) in [5.41, 5.74) is 0. The highest BCUT2D eigenvalue weighted by Crippen LogP contribution is 2.09. The summed E-state index contributed by atoms with van der Waals surface area (Å²) in [6, 6.07) is 2.60. The molecule has 1 N–H and O–H groups in total. The summed E-state index contributed by atoms with van der Waals surface area (Å²) in [6.45, 7) is 6.39. The molecule has 0 aromatic carbocycles. The van der Waals surface area contributed by atoms with Crippen LogP contribution in [0, 0.1) is 0 Å². The molecule has 0 radical (unpaired) electrons. The van der Waals surface area contributed by atoms with Crippen LogP contribution in [0.3, 0.4) is 0 Å². The van der Waals surface area contributed by atoms with E-state index in [0.29, 0.717) is 6.04 Å². The Labute approximate surface area is 90.6 Å². The normalized spacial score (nSPS) is 21.3. The number of likely N-dealkylation sites (N-methyl/N-ethyl adjacent to an activating group) is 1. The molecule has 1 saturated heterocycles. The number of hydrogen-bond donors (Lipinski definition) is 1. The zero-order valence-electron chi connectivity index (χ0n) is 9.28. The summed E-state index contributed by atoms with van der Waals surface area (Å²) in [6.07, 6.45) is 4.31. The maximum absolute atomic E-state index is 5.12. The molecule has 1 aromatic heterocycles. The second-order valence-electron chi connectivity index (χ2n) is 4.10. The summed E-state index contributed by atoms with van der Waals surface area (Å²) < 4.78 is 5.12. The number of aromatic nitrogens is 1. The number of nitrogens with one attached hydrogen (secondary N) is 1. The van der Waals surface area contributed by atoms with Gasteiger partial charge in [0, 0.05) is 18.7 Å². The predicted octanol–water partition coefficient (Wildman–Crippen LogP) is 1.25. The van der Waals surface area contributed by atoms with Crippen molar-refractivity contribution in [3.05, 3.63) is 18.0 Å². The van der Waals surface area contributed by atoms with Crippen LogP contribution in [0.1, 0.15) is 25.5 Å². The van der Waals surface area contributed by atoms with Gasteiger partial charge < -0.3 is 9.84 Å². The van der Waals surface area contributed by atoms with Crippen LogP contribution in [-0.4, -0.2) is 35.7 Å². The van der Waals surface area contributed by atoms with Crippen molar-refractivity contribution in [3.63, 3.8) is 0 Å². The zero-order chi connectivity index (χ0) is 10.5. The van der Waals surface area contributed by atoms with Gasteiger partial charge in [0.1, 0.15) is 0 Å². The van der Waals surface area contributed by atoms with Gasteiger partial charge in [-0.25, -0.2) is 0 Å². The van der Waals surface area contributed by atoms with E-state index in [9.17, 15) is 0 Å². The molecule has 4 nitrogen and oxygen atoms in total. The van der Waals surface area contributed by atoms with Crippen LogP contribution in [-0.2, 0) is 6.54 Å². The van der Waals surface area contributed by atoms with Gasteiger partial charge in [-0.15, -0.1) is 0 Å². The standard InChI is InChI=1S/C11H19N3O/c1-2-14(8-10-4-3-6-12-10)9-11-5-7-13-15-11/h5,7,10,12H,2-4,6,8-9H2,1H3. The van der Waals surface area contributed by atoms with Crippen molar-refractivity contribution in [2.45, 2.75) is 32.4 Å². The SMILES string of the molecule is CCN(Cc1ccno1)CC1CCCN1. The van der Waals surface area contributed by atoms with Gasteiger partial charge in [-0.1, -0.05) is 12.1 Å². The molecule has 0 spiro atoms.